The molecule has 0 aliphatic rings. The first-order valence-corrected chi connectivity index (χ1v) is 4.33. The molecule has 0 heterocycles. The van der Waals surface area contributed by atoms with E-state index in [1.165, 1.54) is 0 Å². The lowest BCUT2D eigenvalue weighted by molar-refractivity contribution is 0.185. The molecule has 0 saturated heterocycles. The molecular weight excluding hydrogens is 178 g/mol. The first-order chi connectivity index (χ1) is 6.81. The Bertz CT molecular complexity index is 342. The lowest BCUT2D eigenvalue weighted by atomic mass is 10.1. The van der Waals surface area contributed by atoms with Crippen LogP contribution in [0.15, 0.2) is 18.2 Å². The molecule has 0 amide bonds. The van der Waals surface area contributed by atoms with Crippen LogP contribution in [0.5, 0.6) is 5.75 Å². The highest BCUT2D eigenvalue weighted by Gasteiger charge is 2.03. The van der Waals surface area contributed by atoms with E-state index >= 15 is 0 Å². The summed E-state index contributed by atoms with van der Waals surface area (Å²) in [5.74, 6) is 0.756. The van der Waals surface area contributed by atoms with Gasteiger partial charge in [-0.15, -0.1) is 0 Å². The Kier molecular flexibility index (Phi) is 3.96. The van der Waals surface area contributed by atoms with Gasteiger partial charge in [0.1, 0.15) is 5.75 Å². The van der Waals surface area contributed by atoms with E-state index in [0.717, 1.165) is 16.9 Å². The highest BCUT2D eigenvalue weighted by Crippen LogP contribution is 2.20. The van der Waals surface area contributed by atoms with Crippen molar-refractivity contribution in [2.75, 3.05) is 14.2 Å². The number of benzene rings is 1. The van der Waals surface area contributed by atoms with Crippen LogP contribution in [-0.4, -0.2) is 14.2 Å². The zero-order chi connectivity index (χ0) is 10.4. The van der Waals surface area contributed by atoms with Crippen molar-refractivity contribution in [3.8, 4) is 11.8 Å². The molecule has 1 aromatic carbocycles. The molecular formula is C11H13NO2. The zero-order valence-corrected chi connectivity index (χ0v) is 8.41. The van der Waals surface area contributed by atoms with Crippen molar-refractivity contribution in [1.29, 1.82) is 5.26 Å². The summed E-state index contributed by atoms with van der Waals surface area (Å²) in [6, 6.07) is 7.84. The molecule has 74 valence electrons. The van der Waals surface area contributed by atoms with Crippen molar-refractivity contribution >= 4 is 0 Å². The monoisotopic (exact) mass is 191 g/mol. The fraction of sp³-hybridized carbons (Fsp3) is 0.364. The Morgan fingerprint density at radius 2 is 2.14 bits per heavy atom. The second kappa shape index (κ2) is 5.25. The summed E-state index contributed by atoms with van der Waals surface area (Å²) >= 11 is 0. The van der Waals surface area contributed by atoms with Crippen LogP contribution in [0.1, 0.15) is 11.1 Å². The molecule has 0 aromatic heterocycles. The predicted octanol–water partition coefficient (Wildman–Crippen LogP) is 1.91. The second-order valence-corrected chi connectivity index (χ2v) is 2.91. The summed E-state index contributed by atoms with van der Waals surface area (Å²) in [7, 11) is 3.25. The van der Waals surface area contributed by atoms with E-state index in [4.69, 9.17) is 14.7 Å². The van der Waals surface area contributed by atoms with Crippen molar-refractivity contribution in [1.82, 2.24) is 0 Å². The average Bonchev–Trinajstić information content (AvgIpc) is 2.19. The Balaban J connectivity index is 2.96. The van der Waals surface area contributed by atoms with Crippen LogP contribution < -0.4 is 4.74 Å². The van der Waals surface area contributed by atoms with Crippen LogP contribution in [0.2, 0.25) is 0 Å². The summed E-state index contributed by atoms with van der Waals surface area (Å²) in [6.45, 7) is 0.558. The van der Waals surface area contributed by atoms with Crippen molar-refractivity contribution < 1.29 is 9.47 Å². The smallest absolute Gasteiger partial charge is 0.123 e. The molecule has 14 heavy (non-hydrogen) atoms. The molecule has 0 unspecified atom stereocenters. The van der Waals surface area contributed by atoms with Gasteiger partial charge in [-0.05, 0) is 17.7 Å². The van der Waals surface area contributed by atoms with Crippen molar-refractivity contribution in [2.45, 2.75) is 13.0 Å². The van der Waals surface area contributed by atoms with Gasteiger partial charge in [0.2, 0.25) is 0 Å². The van der Waals surface area contributed by atoms with Gasteiger partial charge in [0, 0.05) is 12.7 Å². The normalized spacial score (nSPS) is 9.50. The Hall–Kier alpha value is -1.53. The van der Waals surface area contributed by atoms with Gasteiger partial charge in [0.05, 0.1) is 26.2 Å². The van der Waals surface area contributed by atoms with Crippen molar-refractivity contribution in [2.24, 2.45) is 0 Å². The maximum Gasteiger partial charge on any atom is 0.123 e. The number of hydrogen-bond acceptors (Lipinski definition) is 3. The van der Waals surface area contributed by atoms with Crippen LogP contribution in [0.4, 0.5) is 0 Å². The van der Waals surface area contributed by atoms with Crippen LogP contribution in [-0.2, 0) is 17.8 Å². The molecule has 0 spiro atoms. The maximum absolute atomic E-state index is 8.62. The summed E-state index contributed by atoms with van der Waals surface area (Å²) in [5.41, 5.74) is 1.96. The minimum atomic E-state index is 0.362. The molecule has 0 aliphatic heterocycles. The van der Waals surface area contributed by atoms with Crippen LogP contribution in [0.3, 0.4) is 0 Å². The highest BCUT2D eigenvalue weighted by atomic mass is 16.5. The lowest BCUT2D eigenvalue weighted by Gasteiger charge is -2.07. The number of methoxy groups -OCH3 is 2. The predicted molar refractivity (Wildman–Crippen MR) is 53.0 cm³/mol. The Morgan fingerprint density at radius 1 is 1.36 bits per heavy atom. The largest absolute Gasteiger partial charge is 0.496 e. The molecule has 0 fully saturated rings. The summed E-state index contributed by atoms with van der Waals surface area (Å²) in [6.07, 6.45) is 0.362. The molecule has 0 bridgehead atoms. The lowest BCUT2D eigenvalue weighted by Crippen LogP contribution is -1.94. The van der Waals surface area contributed by atoms with E-state index in [1.54, 1.807) is 14.2 Å². The fourth-order valence-electron chi connectivity index (χ4n) is 1.31. The van der Waals surface area contributed by atoms with Crippen LogP contribution >= 0.6 is 0 Å². The SMILES string of the molecule is COCc1ccc(OC)c(CC#N)c1. The Labute approximate surface area is 83.9 Å². The second-order valence-electron chi connectivity index (χ2n) is 2.91. The van der Waals surface area contributed by atoms with Crippen molar-refractivity contribution in [3.05, 3.63) is 29.3 Å². The number of nitriles is 1. The van der Waals surface area contributed by atoms with E-state index in [1.807, 2.05) is 18.2 Å². The fourth-order valence-corrected chi connectivity index (χ4v) is 1.31. The van der Waals surface area contributed by atoms with Crippen LogP contribution in [0, 0.1) is 11.3 Å². The molecule has 1 rings (SSSR count). The van der Waals surface area contributed by atoms with Gasteiger partial charge in [0.25, 0.3) is 0 Å². The number of nitrogens with zero attached hydrogens (tertiary/aromatic N) is 1. The number of hydrogen-bond donors (Lipinski definition) is 0. The van der Waals surface area contributed by atoms with Crippen molar-refractivity contribution in [3.63, 3.8) is 0 Å². The summed E-state index contributed by atoms with van der Waals surface area (Å²) in [4.78, 5) is 0. The summed E-state index contributed by atoms with van der Waals surface area (Å²) in [5, 5.41) is 8.62. The zero-order valence-electron chi connectivity index (χ0n) is 8.41. The Morgan fingerprint density at radius 3 is 2.71 bits per heavy atom. The van der Waals surface area contributed by atoms with E-state index in [9.17, 15) is 0 Å². The highest BCUT2D eigenvalue weighted by molar-refractivity contribution is 5.38. The molecule has 0 saturated carbocycles. The van der Waals surface area contributed by atoms with E-state index in [0.29, 0.717) is 13.0 Å². The molecule has 3 nitrogen and oxygen atoms in total. The van der Waals surface area contributed by atoms with Gasteiger partial charge >= 0.3 is 0 Å². The van der Waals surface area contributed by atoms with Gasteiger partial charge in [-0.25, -0.2) is 0 Å². The molecule has 0 aliphatic carbocycles. The topological polar surface area (TPSA) is 42.2 Å². The van der Waals surface area contributed by atoms with Gasteiger partial charge in [-0.1, -0.05) is 6.07 Å². The third kappa shape index (κ3) is 2.48. The maximum atomic E-state index is 8.62. The summed E-state index contributed by atoms with van der Waals surface area (Å²) < 4.78 is 10.1. The first-order valence-electron chi connectivity index (χ1n) is 4.33. The van der Waals surface area contributed by atoms with Gasteiger partial charge in [-0.3, -0.25) is 0 Å². The molecule has 0 radical (unpaired) electrons. The molecule has 0 atom stereocenters. The van der Waals surface area contributed by atoms with Gasteiger partial charge < -0.3 is 9.47 Å². The quantitative estimate of drug-likeness (QED) is 0.730. The van der Waals surface area contributed by atoms with E-state index in [2.05, 4.69) is 6.07 Å². The molecule has 3 heteroatoms. The third-order valence-corrected chi connectivity index (χ3v) is 1.93. The van der Waals surface area contributed by atoms with E-state index < -0.39 is 0 Å². The minimum absolute atomic E-state index is 0.362. The number of rotatable bonds is 4. The van der Waals surface area contributed by atoms with Gasteiger partial charge in [-0.2, -0.15) is 5.26 Å². The van der Waals surface area contributed by atoms with Gasteiger partial charge in [0.15, 0.2) is 0 Å². The van der Waals surface area contributed by atoms with E-state index in [-0.39, 0.29) is 0 Å². The first kappa shape index (κ1) is 10.6. The number of ether oxygens (including phenoxy) is 2. The molecule has 0 N–H and O–H groups in total. The molecule has 1 aromatic rings. The average molecular weight is 191 g/mol. The minimum Gasteiger partial charge on any atom is -0.496 e. The third-order valence-electron chi connectivity index (χ3n) is 1.93. The standard InChI is InChI=1S/C11H13NO2/c1-13-8-9-3-4-11(14-2)10(7-9)5-6-12/h3-4,7H,5,8H2,1-2H3. The van der Waals surface area contributed by atoms with Crippen LogP contribution in [0.25, 0.3) is 0 Å².